The molecule has 0 atom stereocenters. The van der Waals surface area contributed by atoms with Crippen molar-refractivity contribution in [2.45, 2.75) is 0 Å². The summed E-state index contributed by atoms with van der Waals surface area (Å²) in [5.41, 5.74) is 7.32. The maximum Gasteiger partial charge on any atom is 0.269 e. The van der Waals surface area contributed by atoms with E-state index in [1.165, 1.54) is 0 Å². The standard InChI is InChI=1S/C8H7N3O.C7H6N2/c9-8(12)7-5-3-1-2-4-6(5)10-11-7;1-2-4-7-6(3-1)5-8-9-7/h1-4H,(H2,9,12)(H,10,11);1-5H,(H,8,9). The normalized spacial score (nSPS) is 10.3. The van der Waals surface area contributed by atoms with Crippen LogP contribution in [0.15, 0.2) is 54.7 Å². The molecule has 2 heterocycles. The number of aromatic nitrogens is 4. The summed E-state index contributed by atoms with van der Waals surface area (Å²) in [6, 6.07) is 15.4. The van der Waals surface area contributed by atoms with E-state index in [1.807, 2.05) is 48.7 Å². The van der Waals surface area contributed by atoms with Crippen LogP contribution in [0.4, 0.5) is 0 Å². The van der Waals surface area contributed by atoms with Crippen LogP contribution in [0, 0.1) is 0 Å². The zero-order chi connectivity index (χ0) is 14.7. The number of carbonyl (C=O) groups is 1. The third-order valence-electron chi connectivity index (χ3n) is 3.05. The highest BCUT2D eigenvalue weighted by Crippen LogP contribution is 2.13. The summed E-state index contributed by atoms with van der Waals surface area (Å²) in [6.45, 7) is 0. The number of hydrogen-bond donors (Lipinski definition) is 3. The topological polar surface area (TPSA) is 100 Å². The highest BCUT2D eigenvalue weighted by atomic mass is 16.1. The number of nitrogens with one attached hydrogen (secondary N) is 2. The number of H-pyrrole nitrogens is 2. The van der Waals surface area contributed by atoms with Gasteiger partial charge in [-0.3, -0.25) is 15.0 Å². The van der Waals surface area contributed by atoms with Crippen LogP contribution in [0.25, 0.3) is 21.8 Å². The number of aromatic amines is 2. The summed E-state index contributed by atoms with van der Waals surface area (Å²) in [6.07, 6.45) is 1.81. The molecule has 0 saturated carbocycles. The van der Waals surface area contributed by atoms with Crippen molar-refractivity contribution in [1.29, 1.82) is 0 Å². The van der Waals surface area contributed by atoms with E-state index < -0.39 is 5.91 Å². The molecule has 2 aromatic heterocycles. The second-order valence-corrected chi connectivity index (χ2v) is 4.44. The summed E-state index contributed by atoms with van der Waals surface area (Å²) in [5, 5.41) is 15.2. The molecular weight excluding hydrogens is 266 g/mol. The van der Waals surface area contributed by atoms with E-state index in [4.69, 9.17) is 5.73 Å². The number of amides is 1. The molecule has 0 aliphatic heterocycles. The van der Waals surface area contributed by atoms with Gasteiger partial charge >= 0.3 is 0 Å². The molecule has 4 aromatic rings. The molecule has 0 spiro atoms. The van der Waals surface area contributed by atoms with Gasteiger partial charge in [0.2, 0.25) is 0 Å². The Morgan fingerprint density at radius 2 is 1.67 bits per heavy atom. The molecule has 4 N–H and O–H groups in total. The first-order valence-electron chi connectivity index (χ1n) is 6.37. The lowest BCUT2D eigenvalue weighted by atomic mass is 10.2. The average molecular weight is 279 g/mol. The quantitative estimate of drug-likeness (QED) is 0.498. The highest BCUT2D eigenvalue weighted by Gasteiger charge is 2.08. The first-order valence-corrected chi connectivity index (χ1v) is 6.37. The van der Waals surface area contributed by atoms with Crippen LogP contribution in [0.2, 0.25) is 0 Å². The van der Waals surface area contributed by atoms with Gasteiger partial charge in [0.15, 0.2) is 5.69 Å². The first-order chi connectivity index (χ1) is 10.3. The maximum atomic E-state index is 10.8. The monoisotopic (exact) mass is 279 g/mol. The van der Waals surface area contributed by atoms with Crippen molar-refractivity contribution in [1.82, 2.24) is 20.4 Å². The Balaban J connectivity index is 0.000000131. The van der Waals surface area contributed by atoms with Crippen molar-refractivity contribution in [3.8, 4) is 0 Å². The molecule has 6 heteroatoms. The minimum Gasteiger partial charge on any atom is -0.364 e. The number of rotatable bonds is 1. The third kappa shape index (κ3) is 2.59. The Morgan fingerprint density at radius 1 is 0.952 bits per heavy atom. The minimum absolute atomic E-state index is 0.297. The number of benzene rings is 2. The Hall–Kier alpha value is -3.15. The predicted octanol–water partition coefficient (Wildman–Crippen LogP) is 2.22. The lowest BCUT2D eigenvalue weighted by molar-refractivity contribution is 0.0997. The van der Waals surface area contributed by atoms with E-state index in [0.29, 0.717) is 5.69 Å². The number of para-hydroxylation sites is 2. The summed E-state index contributed by atoms with van der Waals surface area (Å²) in [4.78, 5) is 10.8. The molecule has 0 aliphatic carbocycles. The van der Waals surface area contributed by atoms with Crippen LogP contribution in [0.5, 0.6) is 0 Å². The second kappa shape index (κ2) is 5.46. The van der Waals surface area contributed by atoms with Crippen LogP contribution in [0.3, 0.4) is 0 Å². The number of nitrogens with two attached hydrogens (primary N) is 1. The fourth-order valence-corrected chi connectivity index (χ4v) is 2.03. The van der Waals surface area contributed by atoms with Crippen LogP contribution in [0.1, 0.15) is 10.5 Å². The Bertz CT molecular complexity index is 863. The Kier molecular flexibility index (Phi) is 3.34. The van der Waals surface area contributed by atoms with E-state index in [2.05, 4.69) is 20.4 Å². The van der Waals surface area contributed by atoms with Crippen molar-refractivity contribution in [2.75, 3.05) is 0 Å². The first kappa shape index (κ1) is 12.9. The molecule has 21 heavy (non-hydrogen) atoms. The summed E-state index contributed by atoms with van der Waals surface area (Å²) in [5.74, 6) is -0.507. The number of hydrogen-bond acceptors (Lipinski definition) is 3. The van der Waals surface area contributed by atoms with Gasteiger partial charge in [0, 0.05) is 10.8 Å². The van der Waals surface area contributed by atoms with Crippen molar-refractivity contribution in [2.24, 2.45) is 5.73 Å². The summed E-state index contributed by atoms with van der Waals surface area (Å²) in [7, 11) is 0. The van der Waals surface area contributed by atoms with Gasteiger partial charge in [0.05, 0.1) is 17.2 Å². The van der Waals surface area contributed by atoms with Gasteiger partial charge in [0.1, 0.15) is 0 Å². The van der Waals surface area contributed by atoms with Crippen molar-refractivity contribution >= 4 is 27.7 Å². The summed E-state index contributed by atoms with van der Waals surface area (Å²) >= 11 is 0. The summed E-state index contributed by atoms with van der Waals surface area (Å²) < 4.78 is 0. The molecule has 0 radical (unpaired) electrons. The maximum absolute atomic E-state index is 10.8. The van der Waals surface area contributed by atoms with Gasteiger partial charge in [-0.25, -0.2) is 0 Å². The SMILES string of the molecule is NC(=O)c1n[nH]c2ccccc12.c1ccc2[nH]ncc2c1. The largest absolute Gasteiger partial charge is 0.364 e. The molecule has 1 amide bonds. The molecular formula is C15H13N5O. The number of fused-ring (bicyclic) bond motifs is 2. The molecule has 2 aromatic carbocycles. The van der Waals surface area contributed by atoms with Crippen LogP contribution < -0.4 is 5.73 Å². The van der Waals surface area contributed by atoms with E-state index >= 15 is 0 Å². The van der Waals surface area contributed by atoms with Gasteiger partial charge in [-0.15, -0.1) is 0 Å². The van der Waals surface area contributed by atoms with E-state index in [0.717, 1.165) is 21.8 Å². The molecule has 104 valence electrons. The molecule has 6 nitrogen and oxygen atoms in total. The lowest BCUT2D eigenvalue weighted by Gasteiger charge is -1.88. The van der Waals surface area contributed by atoms with E-state index in [1.54, 1.807) is 6.07 Å². The zero-order valence-corrected chi connectivity index (χ0v) is 11.1. The van der Waals surface area contributed by atoms with Crippen LogP contribution in [-0.2, 0) is 0 Å². The number of nitrogens with zero attached hydrogens (tertiary/aromatic N) is 2. The van der Waals surface area contributed by atoms with Crippen LogP contribution >= 0.6 is 0 Å². The number of primary amides is 1. The van der Waals surface area contributed by atoms with Crippen LogP contribution in [-0.4, -0.2) is 26.3 Å². The second-order valence-electron chi connectivity index (χ2n) is 4.44. The molecule has 0 fully saturated rings. The van der Waals surface area contributed by atoms with Crippen molar-refractivity contribution in [3.63, 3.8) is 0 Å². The van der Waals surface area contributed by atoms with Gasteiger partial charge in [0.25, 0.3) is 5.91 Å². The Labute approximate surface area is 120 Å². The van der Waals surface area contributed by atoms with Crippen molar-refractivity contribution < 1.29 is 4.79 Å². The smallest absolute Gasteiger partial charge is 0.269 e. The molecule has 0 unspecified atom stereocenters. The van der Waals surface area contributed by atoms with Gasteiger partial charge in [-0.05, 0) is 12.1 Å². The van der Waals surface area contributed by atoms with Crippen molar-refractivity contribution in [3.05, 3.63) is 60.4 Å². The fourth-order valence-electron chi connectivity index (χ4n) is 2.03. The molecule has 0 bridgehead atoms. The Morgan fingerprint density at radius 3 is 2.43 bits per heavy atom. The lowest BCUT2D eigenvalue weighted by Crippen LogP contribution is -2.11. The van der Waals surface area contributed by atoms with E-state index in [-0.39, 0.29) is 0 Å². The molecule has 0 saturated heterocycles. The fraction of sp³-hybridized carbons (Fsp3) is 0. The zero-order valence-electron chi connectivity index (χ0n) is 11.1. The third-order valence-corrected chi connectivity index (χ3v) is 3.05. The minimum atomic E-state index is -0.507. The molecule has 0 aliphatic rings. The molecule has 4 rings (SSSR count). The van der Waals surface area contributed by atoms with Gasteiger partial charge < -0.3 is 5.73 Å². The van der Waals surface area contributed by atoms with Gasteiger partial charge in [-0.2, -0.15) is 10.2 Å². The van der Waals surface area contributed by atoms with Gasteiger partial charge in [-0.1, -0.05) is 36.4 Å². The average Bonchev–Trinajstić information content (AvgIpc) is 3.14. The predicted molar refractivity (Wildman–Crippen MR) is 80.7 cm³/mol. The highest BCUT2D eigenvalue weighted by molar-refractivity contribution is 6.03. The number of carbonyl (C=O) groups excluding carboxylic acids is 1. The van der Waals surface area contributed by atoms with E-state index in [9.17, 15) is 4.79 Å².